The summed E-state index contributed by atoms with van der Waals surface area (Å²) in [6.45, 7) is 6.86. The molecule has 0 amide bonds. The van der Waals surface area contributed by atoms with Crippen molar-refractivity contribution < 1.29 is 9.53 Å². The first kappa shape index (κ1) is 21.3. The van der Waals surface area contributed by atoms with Crippen LogP contribution < -0.4 is 10.1 Å². The van der Waals surface area contributed by atoms with Gasteiger partial charge in [-0.25, -0.2) is 0 Å². The Hall–Kier alpha value is -2.37. The van der Waals surface area contributed by atoms with E-state index in [1.807, 2.05) is 60.4 Å². The van der Waals surface area contributed by atoms with Gasteiger partial charge in [0, 0.05) is 22.8 Å². The zero-order valence-corrected chi connectivity index (χ0v) is 18.4. The number of halogens is 1. The van der Waals surface area contributed by atoms with E-state index in [2.05, 4.69) is 12.2 Å². The Morgan fingerprint density at radius 2 is 2.00 bits per heavy atom. The number of carbonyl (C=O) groups is 1. The molecule has 2 aromatic carbocycles. The molecule has 0 aromatic heterocycles. The van der Waals surface area contributed by atoms with Gasteiger partial charge in [0.15, 0.2) is 10.9 Å². The van der Waals surface area contributed by atoms with Gasteiger partial charge in [0.1, 0.15) is 12.4 Å². The summed E-state index contributed by atoms with van der Waals surface area (Å²) in [4.78, 5) is 14.5. The summed E-state index contributed by atoms with van der Waals surface area (Å²) >= 11 is 11.6. The third-order valence-corrected chi connectivity index (χ3v) is 5.48. The molecule has 29 heavy (non-hydrogen) atoms. The maximum absolute atomic E-state index is 12.5. The van der Waals surface area contributed by atoms with Gasteiger partial charge in [-0.3, -0.25) is 4.79 Å². The highest BCUT2D eigenvalue weighted by atomic mass is 35.5. The second kappa shape index (κ2) is 9.42. The highest BCUT2D eigenvalue weighted by Gasteiger charge is 2.31. The quantitative estimate of drug-likeness (QED) is 0.596. The summed E-state index contributed by atoms with van der Waals surface area (Å²) in [6.07, 6.45) is 0.946. The lowest BCUT2D eigenvalue weighted by Crippen LogP contribution is -2.47. The standard InChI is InChI=1S/C23H25ClN2O2S/c1-4-11-26-15(2)21(16(3)27)22(25-23(26)29)18-8-6-10-20(13-18)28-14-17-7-5-9-19(24)12-17/h5-10,12-13,22H,4,11,14H2,1-3H3,(H,25,29). The van der Waals surface area contributed by atoms with Crippen molar-refractivity contribution in [2.24, 2.45) is 0 Å². The van der Waals surface area contributed by atoms with E-state index >= 15 is 0 Å². The number of hydrogen-bond acceptors (Lipinski definition) is 3. The van der Waals surface area contributed by atoms with Crippen LogP contribution in [0, 0.1) is 0 Å². The van der Waals surface area contributed by atoms with E-state index < -0.39 is 0 Å². The molecular formula is C23H25ClN2O2S. The van der Waals surface area contributed by atoms with Gasteiger partial charge in [0.05, 0.1) is 6.04 Å². The van der Waals surface area contributed by atoms with Crippen LogP contribution in [-0.2, 0) is 11.4 Å². The molecule has 2 aromatic rings. The Morgan fingerprint density at radius 3 is 2.69 bits per heavy atom. The summed E-state index contributed by atoms with van der Waals surface area (Å²) < 4.78 is 5.96. The average molecular weight is 429 g/mol. The largest absolute Gasteiger partial charge is 0.489 e. The van der Waals surface area contributed by atoms with Crippen molar-refractivity contribution in [1.82, 2.24) is 10.2 Å². The van der Waals surface area contributed by atoms with Crippen molar-refractivity contribution in [3.63, 3.8) is 0 Å². The van der Waals surface area contributed by atoms with E-state index in [1.54, 1.807) is 6.92 Å². The second-order valence-electron chi connectivity index (χ2n) is 7.08. The van der Waals surface area contributed by atoms with Crippen molar-refractivity contribution in [3.05, 3.63) is 76.0 Å². The number of hydrogen-bond donors (Lipinski definition) is 1. The van der Waals surface area contributed by atoms with Crippen LogP contribution in [0.1, 0.15) is 44.4 Å². The molecule has 1 aliphatic rings. The first-order valence-corrected chi connectivity index (χ1v) is 10.5. The molecule has 1 aliphatic heterocycles. The van der Waals surface area contributed by atoms with Crippen LogP contribution in [0.2, 0.25) is 5.02 Å². The van der Waals surface area contributed by atoms with Crippen LogP contribution in [0.3, 0.4) is 0 Å². The molecule has 0 aliphatic carbocycles. The third kappa shape index (κ3) is 4.98. The number of nitrogens with one attached hydrogen (secondary N) is 1. The van der Waals surface area contributed by atoms with E-state index in [0.29, 0.717) is 16.7 Å². The minimum Gasteiger partial charge on any atom is -0.489 e. The van der Waals surface area contributed by atoms with Crippen molar-refractivity contribution >= 4 is 34.7 Å². The molecule has 0 fully saturated rings. The zero-order valence-electron chi connectivity index (χ0n) is 16.9. The first-order chi connectivity index (χ1) is 13.9. The van der Waals surface area contributed by atoms with Crippen LogP contribution in [0.5, 0.6) is 5.75 Å². The number of carbonyl (C=O) groups excluding carboxylic acids is 1. The number of benzene rings is 2. The normalized spacial score (nSPS) is 16.6. The SMILES string of the molecule is CCCN1C(=S)NC(c2cccc(OCc3cccc(Cl)c3)c2)C(C(C)=O)=C1C. The van der Waals surface area contributed by atoms with Gasteiger partial charge in [-0.05, 0) is 67.9 Å². The molecule has 0 saturated heterocycles. The van der Waals surface area contributed by atoms with E-state index in [-0.39, 0.29) is 11.8 Å². The number of allylic oxidation sites excluding steroid dienone is 1. The van der Waals surface area contributed by atoms with Gasteiger partial charge >= 0.3 is 0 Å². The maximum atomic E-state index is 12.5. The van der Waals surface area contributed by atoms with Gasteiger partial charge in [0.25, 0.3) is 0 Å². The summed E-state index contributed by atoms with van der Waals surface area (Å²) in [5.74, 6) is 0.764. The zero-order chi connectivity index (χ0) is 21.0. The molecule has 0 saturated carbocycles. The predicted molar refractivity (Wildman–Crippen MR) is 121 cm³/mol. The molecule has 1 atom stereocenters. The fraction of sp³-hybridized carbons (Fsp3) is 0.304. The highest BCUT2D eigenvalue weighted by molar-refractivity contribution is 7.80. The molecule has 3 rings (SSSR count). The van der Waals surface area contributed by atoms with Crippen molar-refractivity contribution in [3.8, 4) is 5.75 Å². The molecule has 1 N–H and O–H groups in total. The highest BCUT2D eigenvalue weighted by Crippen LogP contribution is 2.32. The first-order valence-electron chi connectivity index (χ1n) is 9.67. The Kier molecular flexibility index (Phi) is 6.93. The lowest BCUT2D eigenvalue weighted by Gasteiger charge is -2.37. The van der Waals surface area contributed by atoms with Gasteiger partial charge in [-0.15, -0.1) is 0 Å². The van der Waals surface area contributed by atoms with Crippen LogP contribution in [-0.4, -0.2) is 22.3 Å². The summed E-state index contributed by atoms with van der Waals surface area (Å²) in [7, 11) is 0. The van der Waals surface area contributed by atoms with Crippen molar-refractivity contribution in [2.45, 2.75) is 39.8 Å². The number of rotatable bonds is 7. The molecular weight excluding hydrogens is 404 g/mol. The molecule has 6 heteroatoms. The van der Waals surface area contributed by atoms with Crippen molar-refractivity contribution in [1.29, 1.82) is 0 Å². The lowest BCUT2D eigenvalue weighted by atomic mass is 9.92. The number of thiocarbonyl (C=S) groups is 1. The molecule has 1 unspecified atom stereocenters. The average Bonchev–Trinajstić information content (AvgIpc) is 2.69. The van der Waals surface area contributed by atoms with Crippen LogP contribution in [0.25, 0.3) is 0 Å². The minimum absolute atomic E-state index is 0.0360. The molecule has 1 heterocycles. The predicted octanol–water partition coefficient (Wildman–Crippen LogP) is 5.42. The van der Waals surface area contributed by atoms with E-state index in [1.165, 1.54) is 0 Å². The van der Waals surface area contributed by atoms with Crippen LogP contribution >= 0.6 is 23.8 Å². The Bertz CT molecular complexity index is 957. The topological polar surface area (TPSA) is 41.6 Å². The summed E-state index contributed by atoms with van der Waals surface area (Å²) in [5, 5.41) is 4.67. The lowest BCUT2D eigenvalue weighted by molar-refractivity contribution is -0.114. The molecule has 152 valence electrons. The van der Waals surface area contributed by atoms with Gasteiger partial charge < -0.3 is 15.0 Å². The van der Waals surface area contributed by atoms with E-state index in [4.69, 9.17) is 28.6 Å². The summed E-state index contributed by atoms with van der Waals surface area (Å²) in [5.41, 5.74) is 3.59. The van der Waals surface area contributed by atoms with E-state index in [0.717, 1.165) is 41.1 Å². The van der Waals surface area contributed by atoms with Gasteiger partial charge in [-0.2, -0.15) is 0 Å². The fourth-order valence-corrected chi connectivity index (χ4v) is 4.12. The van der Waals surface area contributed by atoms with E-state index in [9.17, 15) is 4.79 Å². The van der Waals surface area contributed by atoms with Crippen LogP contribution in [0.4, 0.5) is 0 Å². The Morgan fingerprint density at radius 1 is 1.24 bits per heavy atom. The molecule has 4 nitrogen and oxygen atoms in total. The molecule has 0 bridgehead atoms. The smallest absolute Gasteiger partial charge is 0.173 e. The number of Topliss-reactive ketones (excluding diaryl/α,β-unsaturated/α-hetero) is 1. The van der Waals surface area contributed by atoms with Crippen LogP contribution in [0.15, 0.2) is 59.8 Å². The molecule has 0 spiro atoms. The minimum atomic E-state index is -0.289. The maximum Gasteiger partial charge on any atom is 0.173 e. The third-order valence-electron chi connectivity index (χ3n) is 4.91. The Balaban J connectivity index is 1.86. The summed E-state index contributed by atoms with van der Waals surface area (Å²) in [6, 6.07) is 15.1. The monoisotopic (exact) mass is 428 g/mol. The number of ether oxygens (including phenoxy) is 1. The Labute approximate surface area is 182 Å². The fourth-order valence-electron chi connectivity index (χ4n) is 3.56. The second-order valence-corrected chi connectivity index (χ2v) is 7.90. The van der Waals surface area contributed by atoms with Gasteiger partial charge in [0.2, 0.25) is 0 Å². The molecule has 0 radical (unpaired) electrons. The van der Waals surface area contributed by atoms with Crippen molar-refractivity contribution in [2.75, 3.05) is 6.54 Å². The number of ketones is 1. The number of nitrogens with zero attached hydrogens (tertiary/aromatic N) is 1. The van der Waals surface area contributed by atoms with Gasteiger partial charge in [-0.1, -0.05) is 42.8 Å².